The monoisotopic (exact) mass is 287 g/mol. The minimum atomic E-state index is -0.277. The lowest BCUT2D eigenvalue weighted by Crippen LogP contribution is -2.52. The number of benzene rings is 1. The van der Waals surface area contributed by atoms with Gasteiger partial charge in [-0.2, -0.15) is 4.68 Å². The summed E-state index contributed by atoms with van der Waals surface area (Å²) in [5, 5.41) is 15.8. The van der Waals surface area contributed by atoms with Crippen LogP contribution in [-0.4, -0.2) is 39.5 Å². The predicted molar refractivity (Wildman–Crippen MR) is 79.2 cm³/mol. The second-order valence-corrected chi connectivity index (χ2v) is 6.12. The van der Waals surface area contributed by atoms with Gasteiger partial charge in [-0.1, -0.05) is 18.2 Å². The van der Waals surface area contributed by atoms with Gasteiger partial charge in [0.2, 0.25) is 0 Å². The number of nitrogens with one attached hydrogen (secondary N) is 1. The van der Waals surface area contributed by atoms with Gasteiger partial charge in [0.25, 0.3) is 0 Å². The van der Waals surface area contributed by atoms with Gasteiger partial charge in [0.05, 0.1) is 16.8 Å². The highest BCUT2D eigenvalue weighted by Gasteiger charge is 2.44. The predicted octanol–water partition coefficient (Wildman–Crippen LogP) is 1.67. The summed E-state index contributed by atoms with van der Waals surface area (Å²) in [4.78, 5) is 0. The van der Waals surface area contributed by atoms with E-state index < -0.39 is 0 Å². The SMILES string of the molecule is CN[C@]1(c2nnnn2-c2ccccc2)CCOC(C)(C)C1. The summed E-state index contributed by atoms with van der Waals surface area (Å²) < 4.78 is 7.67. The van der Waals surface area contributed by atoms with Crippen molar-refractivity contribution in [2.75, 3.05) is 13.7 Å². The van der Waals surface area contributed by atoms with Crippen LogP contribution >= 0.6 is 0 Å². The zero-order valence-corrected chi connectivity index (χ0v) is 12.7. The second kappa shape index (κ2) is 5.20. The van der Waals surface area contributed by atoms with Crippen LogP contribution < -0.4 is 5.32 Å². The highest BCUT2D eigenvalue weighted by molar-refractivity contribution is 5.32. The molecule has 0 saturated carbocycles. The van der Waals surface area contributed by atoms with Crippen molar-refractivity contribution >= 4 is 0 Å². The van der Waals surface area contributed by atoms with Gasteiger partial charge in [-0.05, 0) is 49.9 Å². The Kier molecular flexibility index (Phi) is 3.51. The largest absolute Gasteiger partial charge is 0.375 e. The Morgan fingerprint density at radius 1 is 1.24 bits per heavy atom. The molecule has 0 amide bonds. The fourth-order valence-electron chi connectivity index (χ4n) is 3.11. The van der Waals surface area contributed by atoms with Gasteiger partial charge in [0, 0.05) is 13.0 Å². The standard InChI is InChI=1S/C15H21N5O/c1-14(2)11-15(16-3,9-10-21-14)13-17-18-19-20(13)12-7-5-4-6-8-12/h4-8,16H,9-11H2,1-3H3/t15-/m1/s1. The fraction of sp³-hybridized carbons (Fsp3) is 0.533. The first-order valence-corrected chi connectivity index (χ1v) is 7.23. The average Bonchev–Trinajstić information content (AvgIpc) is 2.97. The van der Waals surface area contributed by atoms with Gasteiger partial charge in [-0.25, -0.2) is 0 Å². The van der Waals surface area contributed by atoms with E-state index in [0.29, 0.717) is 6.61 Å². The van der Waals surface area contributed by atoms with Crippen LogP contribution in [0.4, 0.5) is 0 Å². The molecular weight excluding hydrogens is 266 g/mol. The maximum Gasteiger partial charge on any atom is 0.176 e. The normalized spacial score (nSPS) is 24.9. The summed E-state index contributed by atoms with van der Waals surface area (Å²) in [6, 6.07) is 9.97. The Balaban J connectivity index is 2.05. The number of para-hydroxylation sites is 1. The summed E-state index contributed by atoms with van der Waals surface area (Å²) in [7, 11) is 1.96. The molecule has 3 rings (SSSR count). The van der Waals surface area contributed by atoms with Crippen LogP contribution in [0.5, 0.6) is 0 Å². The zero-order valence-electron chi connectivity index (χ0n) is 12.7. The molecule has 6 heteroatoms. The number of tetrazole rings is 1. The first kappa shape index (κ1) is 14.2. The van der Waals surface area contributed by atoms with Crippen LogP contribution in [0.1, 0.15) is 32.5 Å². The van der Waals surface area contributed by atoms with E-state index in [9.17, 15) is 0 Å². The minimum Gasteiger partial charge on any atom is -0.375 e. The molecule has 0 radical (unpaired) electrons. The highest BCUT2D eigenvalue weighted by atomic mass is 16.5. The number of rotatable bonds is 3. The van der Waals surface area contributed by atoms with E-state index in [0.717, 1.165) is 24.4 Å². The molecule has 1 aromatic heterocycles. The molecule has 1 fully saturated rings. The molecule has 21 heavy (non-hydrogen) atoms. The summed E-state index contributed by atoms with van der Waals surface area (Å²) in [5.74, 6) is 0.840. The number of aromatic nitrogens is 4. The quantitative estimate of drug-likeness (QED) is 0.930. The lowest BCUT2D eigenvalue weighted by atomic mass is 9.80. The molecule has 0 unspecified atom stereocenters. The highest BCUT2D eigenvalue weighted by Crippen LogP contribution is 2.38. The average molecular weight is 287 g/mol. The van der Waals surface area contributed by atoms with E-state index in [2.05, 4.69) is 34.7 Å². The molecule has 1 aromatic carbocycles. The van der Waals surface area contributed by atoms with Crippen molar-refractivity contribution in [1.29, 1.82) is 0 Å². The Labute approximate surface area is 124 Å². The van der Waals surface area contributed by atoms with Gasteiger partial charge in [0.15, 0.2) is 5.82 Å². The van der Waals surface area contributed by atoms with Gasteiger partial charge < -0.3 is 10.1 Å². The molecule has 2 heterocycles. The maximum atomic E-state index is 5.85. The van der Waals surface area contributed by atoms with E-state index >= 15 is 0 Å². The first-order chi connectivity index (χ1) is 10.1. The first-order valence-electron chi connectivity index (χ1n) is 7.23. The van der Waals surface area contributed by atoms with E-state index in [-0.39, 0.29) is 11.1 Å². The Morgan fingerprint density at radius 2 is 2.00 bits per heavy atom. The topological polar surface area (TPSA) is 64.9 Å². The molecule has 1 N–H and O–H groups in total. The third-order valence-electron chi connectivity index (χ3n) is 4.13. The lowest BCUT2D eigenvalue weighted by molar-refractivity contribution is -0.0906. The number of nitrogens with zero attached hydrogens (tertiary/aromatic N) is 4. The van der Waals surface area contributed by atoms with Crippen molar-refractivity contribution in [3.05, 3.63) is 36.2 Å². The summed E-state index contributed by atoms with van der Waals surface area (Å²) in [5.41, 5.74) is 0.493. The fourth-order valence-corrected chi connectivity index (χ4v) is 3.11. The summed E-state index contributed by atoms with van der Waals surface area (Å²) in [6.07, 6.45) is 1.67. The zero-order chi connectivity index (χ0) is 14.9. The van der Waals surface area contributed by atoms with Crippen molar-refractivity contribution in [2.24, 2.45) is 0 Å². The van der Waals surface area contributed by atoms with Gasteiger partial charge in [-0.3, -0.25) is 0 Å². The molecule has 112 valence electrons. The van der Waals surface area contributed by atoms with Crippen molar-refractivity contribution < 1.29 is 4.74 Å². The van der Waals surface area contributed by atoms with Crippen LogP contribution in [0.2, 0.25) is 0 Å². The van der Waals surface area contributed by atoms with Crippen LogP contribution in [0.25, 0.3) is 5.69 Å². The van der Waals surface area contributed by atoms with Crippen molar-refractivity contribution in [2.45, 2.75) is 37.8 Å². The van der Waals surface area contributed by atoms with E-state index in [1.807, 2.05) is 42.1 Å². The van der Waals surface area contributed by atoms with E-state index in [4.69, 9.17) is 4.74 Å². The molecule has 1 atom stereocenters. The molecule has 1 aliphatic rings. The Morgan fingerprint density at radius 3 is 2.67 bits per heavy atom. The van der Waals surface area contributed by atoms with Crippen LogP contribution in [0.3, 0.4) is 0 Å². The molecule has 0 spiro atoms. The van der Waals surface area contributed by atoms with Crippen molar-refractivity contribution in [3.63, 3.8) is 0 Å². The van der Waals surface area contributed by atoms with E-state index in [1.54, 1.807) is 0 Å². The lowest BCUT2D eigenvalue weighted by Gasteiger charge is -2.43. The summed E-state index contributed by atoms with van der Waals surface area (Å²) in [6.45, 7) is 4.90. The van der Waals surface area contributed by atoms with Gasteiger partial charge in [-0.15, -0.1) is 5.10 Å². The third-order valence-corrected chi connectivity index (χ3v) is 4.13. The summed E-state index contributed by atoms with van der Waals surface area (Å²) >= 11 is 0. The molecule has 0 aliphatic carbocycles. The molecule has 2 aromatic rings. The number of hydrogen-bond acceptors (Lipinski definition) is 5. The van der Waals surface area contributed by atoms with Crippen molar-refractivity contribution in [3.8, 4) is 5.69 Å². The van der Waals surface area contributed by atoms with E-state index in [1.165, 1.54) is 0 Å². The molecule has 1 aliphatic heterocycles. The van der Waals surface area contributed by atoms with Crippen LogP contribution in [0.15, 0.2) is 30.3 Å². The Bertz CT molecular complexity index is 610. The number of ether oxygens (including phenoxy) is 1. The van der Waals surface area contributed by atoms with Gasteiger partial charge >= 0.3 is 0 Å². The second-order valence-electron chi connectivity index (χ2n) is 6.12. The Hall–Kier alpha value is -1.79. The minimum absolute atomic E-state index is 0.200. The smallest absolute Gasteiger partial charge is 0.176 e. The van der Waals surface area contributed by atoms with Crippen LogP contribution in [-0.2, 0) is 10.3 Å². The molecule has 0 bridgehead atoms. The third kappa shape index (κ3) is 2.56. The number of hydrogen-bond donors (Lipinski definition) is 1. The molecule has 6 nitrogen and oxygen atoms in total. The molecule has 1 saturated heterocycles. The molecular formula is C15H21N5O. The van der Waals surface area contributed by atoms with Gasteiger partial charge in [0.1, 0.15) is 0 Å². The van der Waals surface area contributed by atoms with Crippen molar-refractivity contribution in [1.82, 2.24) is 25.5 Å². The van der Waals surface area contributed by atoms with Crippen LogP contribution in [0, 0.1) is 0 Å². The maximum absolute atomic E-state index is 5.85.